The number of benzene rings is 2. The second kappa shape index (κ2) is 8.19. The van der Waals surface area contributed by atoms with E-state index < -0.39 is 0 Å². The number of nitrogens with zero attached hydrogens (tertiary/aromatic N) is 3. The summed E-state index contributed by atoms with van der Waals surface area (Å²) in [5, 5.41) is 8.17. The summed E-state index contributed by atoms with van der Waals surface area (Å²) in [4.78, 5) is 18.0. The van der Waals surface area contributed by atoms with Crippen LogP contribution in [-0.2, 0) is 13.1 Å². The van der Waals surface area contributed by atoms with E-state index in [1.165, 1.54) is 11.3 Å². The molecule has 2 aromatic carbocycles. The Morgan fingerprint density at radius 3 is 2.54 bits per heavy atom. The number of thiazole rings is 1. The summed E-state index contributed by atoms with van der Waals surface area (Å²) in [7, 11) is 0. The van der Waals surface area contributed by atoms with Gasteiger partial charge < -0.3 is 5.32 Å². The molecule has 2 aromatic heterocycles. The van der Waals surface area contributed by atoms with Crippen molar-refractivity contribution >= 4 is 17.2 Å². The summed E-state index contributed by atoms with van der Waals surface area (Å²) < 4.78 is 1.88. The summed E-state index contributed by atoms with van der Waals surface area (Å²) >= 11 is 1.43. The van der Waals surface area contributed by atoms with Crippen LogP contribution in [0.5, 0.6) is 0 Å². The van der Waals surface area contributed by atoms with Gasteiger partial charge in [0.25, 0.3) is 5.91 Å². The molecule has 0 aliphatic rings. The van der Waals surface area contributed by atoms with Crippen molar-refractivity contribution in [1.82, 2.24) is 20.1 Å². The van der Waals surface area contributed by atoms with Crippen LogP contribution in [-0.4, -0.2) is 20.7 Å². The van der Waals surface area contributed by atoms with E-state index >= 15 is 0 Å². The third kappa shape index (κ3) is 4.02. The van der Waals surface area contributed by atoms with E-state index in [0.717, 1.165) is 27.4 Å². The van der Waals surface area contributed by atoms with Gasteiger partial charge in [0.2, 0.25) is 0 Å². The van der Waals surface area contributed by atoms with Gasteiger partial charge in [-0.2, -0.15) is 5.10 Å². The van der Waals surface area contributed by atoms with Crippen LogP contribution in [0.3, 0.4) is 0 Å². The van der Waals surface area contributed by atoms with Gasteiger partial charge in [-0.1, -0.05) is 54.6 Å². The first kappa shape index (κ1) is 18.1. The molecule has 28 heavy (non-hydrogen) atoms. The van der Waals surface area contributed by atoms with Crippen molar-refractivity contribution in [1.29, 1.82) is 0 Å². The normalized spacial score (nSPS) is 10.8. The monoisotopic (exact) mass is 388 g/mol. The Morgan fingerprint density at radius 2 is 1.79 bits per heavy atom. The van der Waals surface area contributed by atoms with Crippen molar-refractivity contribution in [2.45, 2.75) is 20.0 Å². The number of aromatic nitrogens is 3. The molecule has 0 aliphatic carbocycles. The quantitative estimate of drug-likeness (QED) is 0.536. The molecule has 0 aliphatic heterocycles. The average Bonchev–Trinajstić information content (AvgIpc) is 3.37. The van der Waals surface area contributed by atoms with Crippen molar-refractivity contribution in [3.63, 3.8) is 0 Å². The van der Waals surface area contributed by atoms with Crippen LogP contribution in [0.25, 0.3) is 10.6 Å². The van der Waals surface area contributed by atoms with Gasteiger partial charge in [0.15, 0.2) is 0 Å². The maximum absolute atomic E-state index is 12.8. The molecular weight excluding hydrogens is 368 g/mol. The Hall–Kier alpha value is -3.25. The van der Waals surface area contributed by atoms with Crippen molar-refractivity contribution in [3.8, 4) is 10.6 Å². The molecule has 0 fully saturated rings. The lowest BCUT2D eigenvalue weighted by Gasteiger charge is -2.10. The van der Waals surface area contributed by atoms with Gasteiger partial charge in [-0.15, -0.1) is 11.3 Å². The van der Waals surface area contributed by atoms with E-state index in [4.69, 9.17) is 0 Å². The largest absolute Gasteiger partial charge is 0.347 e. The van der Waals surface area contributed by atoms with Gasteiger partial charge >= 0.3 is 0 Å². The number of hydrogen-bond acceptors (Lipinski definition) is 4. The molecule has 0 bridgehead atoms. The summed E-state index contributed by atoms with van der Waals surface area (Å²) in [6.07, 6.45) is 3.70. The van der Waals surface area contributed by atoms with Gasteiger partial charge in [-0.25, -0.2) is 4.98 Å². The smallest absolute Gasteiger partial charge is 0.263 e. The van der Waals surface area contributed by atoms with Gasteiger partial charge in [0.1, 0.15) is 9.88 Å². The Morgan fingerprint density at radius 1 is 1.04 bits per heavy atom. The molecule has 0 radical (unpaired) electrons. The number of carbonyl (C=O) groups excluding carboxylic acids is 1. The predicted molar refractivity (Wildman–Crippen MR) is 111 cm³/mol. The van der Waals surface area contributed by atoms with E-state index in [1.807, 2.05) is 72.4 Å². The molecule has 0 spiro atoms. The fourth-order valence-electron chi connectivity index (χ4n) is 3.02. The first-order valence-electron chi connectivity index (χ1n) is 9.06. The molecule has 2 heterocycles. The first-order valence-corrected chi connectivity index (χ1v) is 9.87. The topological polar surface area (TPSA) is 59.8 Å². The van der Waals surface area contributed by atoms with Crippen LogP contribution in [0.2, 0.25) is 0 Å². The summed E-state index contributed by atoms with van der Waals surface area (Å²) in [5.41, 5.74) is 4.00. The second-order valence-electron chi connectivity index (χ2n) is 6.45. The molecule has 0 saturated heterocycles. The van der Waals surface area contributed by atoms with Crippen LogP contribution < -0.4 is 5.32 Å². The van der Waals surface area contributed by atoms with E-state index in [1.54, 1.807) is 6.20 Å². The van der Waals surface area contributed by atoms with E-state index in [2.05, 4.69) is 21.5 Å². The van der Waals surface area contributed by atoms with Gasteiger partial charge in [0.05, 0.1) is 12.2 Å². The fourth-order valence-corrected chi connectivity index (χ4v) is 4.01. The lowest BCUT2D eigenvalue weighted by Crippen LogP contribution is -2.23. The second-order valence-corrected chi connectivity index (χ2v) is 7.45. The molecule has 0 saturated carbocycles. The number of rotatable bonds is 6. The SMILES string of the molecule is Cc1nc(-c2ccccc2)sc1C(=O)NCc1ccccc1Cn1cccn1. The summed E-state index contributed by atoms with van der Waals surface area (Å²) in [6.45, 7) is 3.02. The number of amides is 1. The zero-order chi connectivity index (χ0) is 19.3. The summed E-state index contributed by atoms with van der Waals surface area (Å²) in [6, 6.07) is 19.9. The van der Waals surface area contributed by atoms with Crippen molar-refractivity contribution < 1.29 is 4.79 Å². The Kier molecular flexibility index (Phi) is 5.30. The Balaban J connectivity index is 1.48. The van der Waals surface area contributed by atoms with Crippen molar-refractivity contribution in [2.24, 2.45) is 0 Å². The van der Waals surface area contributed by atoms with Crippen LogP contribution in [0.1, 0.15) is 26.5 Å². The van der Waals surface area contributed by atoms with E-state index in [9.17, 15) is 4.79 Å². The van der Waals surface area contributed by atoms with Crippen LogP contribution in [0, 0.1) is 6.92 Å². The Labute approximate surface area is 167 Å². The molecule has 0 atom stereocenters. The standard InChI is InChI=1S/C22H20N4OS/c1-16-20(28-22(25-16)17-8-3-2-4-9-17)21(27)23-14-18-10-5-6-11-19(18)15-26-13-7-12-24-26/h2-13H,14-15H2,1H3,(H,23,27). The molecule has 140 valence electrons. The molecule has 4 aromatic rings. The molecule has 5 nitrogen and oxygen atoms in total. The molecule has 4 rings (SSSR count). The van der Waals surface area contributed by atoms with Crippen LogP contribution >= 0.6 is 11.3 Å². The van der Waals surface area contributed by atoms with Gasteiger partial charge in [-0.3, -0.25) is 9.48 Å². The minimum absolute atomic E-state index is 0.0916. The van der Waals surface area contributed by atoms with E-state index in [-0.39, 0.29) is 5.91 Å². The van der Waals surface area contributed by atoms with Crippen LogP contribution in [0.15, 0.2) is 73.1 Å². The van der Waals surface area contributed by atoms with Crippen molar-refractivity contribution in [3.05, 3.63) is 94.8 Å². The molecular formula is C22H20N4OS. The highest BCUT2D eigenvalue weighted by Crippen LogP contribution is 2.27. The zero-order valence-electron chi connectivity index (χ0n) is 15.5. The maximum Gasteiger partial charge on any atom is 0.263 e. The lowest BCUT2D eigenvalue weighted by molar-refractivity contribution is 0.0954. The van der Waals surface area contributed by atoms with Gasteiger partial charge in [-0.05, 0) is 24.1 Å². The third-order valence-electron chi connectivity index (χ3n) is 4.47. The first-order chi connectivity index (χ1) is 13.7. The lowest BCUT2D eigenvalue weighted by atomic mass is 10.1. The highest BCUT2D eigenvalue weighted by Gasteiger charge is 2.16. The van der Waals surface area contributed by atoms with Crippen molar-refractivity contribution in [2.75, 3.05) is 0 Å². The van der Waals surface area contributed by atoms with Crippen LogP contribution in [0.4, 0.5) is 0 Å². The molecule has 1 amide bonds. The minimum Gasteiger partial charge on any atom is -0.347 e. The molecule has 6 heteroatoms. The van der Waals surface area contributed by atoms with E-state index in [0.29, 0.717) is 18.0 Å². The number of hydrogen-bond donors (Lipinski definition) is 1. The van der Waals surface area contributed by atoms with Gasteiger partial charge in [0, 0.05) is 24.5 Å². The number of carbonyl (C=O) groups is 1. The molecule has 0 unspecified atom stereocenters. The highest BCUT2D eigenvalue weighted by molar-refractivity contribution is 7.17. The Bertz CT molecular complexity index is 1070. The summed E-state index contributed by atoms with van der Waals surface area (Å²) in [5.74, 6) is -0.0916. The predicted octanol–water partition coefficient (Wildman–Crippen LogP) is 4.29. The third-order valence-corrected chi connectivity index (χ3v) is 5.68. The zero-order valence-corrected chi connectivity index (χ0v) is 16.3. The highest BCUT2D eigenvalue weighted by atomic mass is 32.1. The number of nitrogens with one attached hydrogen (secondary N) is 1. The molecule has 1 N–H and O–H groups in total. The minimum atomic E-state index is -0.0916. The average molecular weight is 388 g/mol. The fraction of sp³-hybridized carbons (Fsp3) is 0.136. The number of aryl methyl sites for hydroxylation is 1. The maximum atomic E-state index is 12.8.